The molecule has 2 bridgehead atoms. The summed E-state index contributed by atoms with van der Waals surface area (Å²) in [5.74, 6) is 2.73. The van der Waals surface area contributed by atoms with E-state index in [9.17, 15) is 0 Å². The number of ether oxygens (including phenoxy) is 2. The van der Waals surface area contributed by atoms with Gasteiger partial charge >= 0.3 is 0 Å². The van der Waals surface area contributed by atoms with Crippen LogP contribution in [0.25, 0.3) is 0 Å². The van der Waals surface area contributed by atoms with Gasteiger partial charge in [-0.05, 0) is 35.6 Å². The summed E-state index contributed by atoms with van der Waals surface area (Å²) < 4.78 is 11.2. The van der Waals surface area contributed by atoms with Gasteiger partial charge in [-0.25, -0.2) is 0 Å². The Hall–Kier alpha value is -1.96. The van der Waals surface area contributed by atoms with Crippen LogP contribution in [0.4, 0.5) is 0 Å². The highest BCUT2D eigenvalue weighted by Gasteiger charge is 2.37. The maximum atomic E-state index is 5.73. The number of benzene rings is 2. The fraction of sp³-hybridized carbons (Fsp3) is 0.368. The van der Waals surface area contributed by atoms with Gasteiger partial charge in [0, 0.05) is 17.4 Å². The molecule has 0 aromatic heterocycles. The number of fused-ring (bicyclic) bond motifs is 2. The van der Waals surface area contributed by atoms with Crippen molar-refractivity contribution >= 4 is 0 Å². The van der Waals surface area contributed by atoms with Crippen molar-refractivity contribution in [3.63, 3.8) is 0 Å². The van der Waals surface area contributed by atoms with Gasteiger partial charge in [-0.3, -0.25) is 0 Å². The molecule has 0 amide bonds. The van der Waals surface area contributed by atoms with E-state index in [1.807, 2.05) is 0 Å². The Balaban J connectivity index is 2.02. The van der Waals surface area contributed by atoms with Crippen molar-refractivity contribution in [2.45, 2.75) is 31.1 Å². The van der Waals surface area contributed by atoms with E-state index in [0.29, 0.717) is 11.8 Å². The molecular formula is C19H20O2. The first-order chi connectivity index (χ1) is 10.3. The van der Waals surface area contributed by atoms with Crippen molar-refractivity contribution in [2.24, 2.45) is 0 Å². The van der Waals surface area contributed by atoms with Crippen LogP contribution in [0.2, 0.25) is 0 Å². The molecule has 21 heavy (non-hydrogen) atoms. The summed E-state index contributed by atoms with van der Waals surface area (Å²) in [6.45, 7) is 0. The normalized spacial score (nSPS) is 22.2. The van der Waals surface area contributed by atoms with Gasteiger partial charge in [0.05, 0.1) is 14.2 Å². The summed E-state index contributed by atoms with van der Waals surface area (Å²) >= 11 is 0. The first-order valence-electron chi connectivity index (χ1n) is 7.68. The highest BCUT2D eigenvalue weighted by atomic mass is 16.5. The predicted molar refractivity (Wildman–Crippen MR) is 83.5 cm³/mol. The number of methoxy groups -OCH3 is 2. The highest BCUT2D eigenvalue weighted by Crippen LogP contribution is 2.54. The smallest absolute Gasteiger partial charge is 0.164 e. The summed E-state index contributed by atoms with van der Waals surface area (Å²) in [5, 5.41) is 0. The molecule has 0 radical (unpaired) electrons. The van der Waals surface area contributed by atoms with Crippen LogP contribution in [-0.2, 0) is 0 Å². The van der Waals surface area contributed by atoms with E-state index in [4.69, 9.17) is 9.47 Å². The summed E-state index contributed by atoms with van der Waals surface area (Å²) in [6, 6.07) is 13.2. The molecule has 2 nitrogen and oxygen atoms in total. The molecule has 0 heterocycles. The van der Waals surface area contributed by atoms with E-state index in [1.54, 1.807) is 14.2 Å². The highest BCUT2D eigenvalue weighted by molar-refractivity contribution is 5.62. The van der Waals surface area contributed by atoms with Gasteiger partial charge in [-0.1, -0.05) is 36.8 Å². The molecule has 5 rings (SSSR count). The first-order valence-corrected chi connectivity index (χ1v) is 7.68. The van der Waals surface area contributed by atoms with Gasteiger partial charge < -0.3 is 9.47 Å². The predicted octanol–water partition coefficient (Wildman–Crippen LogP) is 4.46. The number of rotatable bonds is 2. The minimum absolute atomic E-state index is 0.444. The maximum Gasteiger partial charge on any atom is 0.164 e. The second-order valence-corrected chi connectivity index (χ2v) is 5.97. The Morgan fingerprint density at radius 1 is 0.810 bits per heavy atom. The van der Waals surface area contributed by atoms with Gasteiger partial charge in [-0.2, -0.15) is 0 Å². The molecule has 2 atom stereocenters. The van der Waals surface area contributed by atoms with Gasteiger partial charge in [0.2, 0.25) is 0 Å². The van der Waals surface area contributed by atoms with Crippen molar-refractivity contribution in [1.82, 2.24) is 0 Å². The molecule has 2 aromatic carbocycles. The van der Waals surface area contributed by atoms with E-state index < -0.39 is 0 Å². The van der Waals surface area contributed by atoms with E-state index >= 15 is 0 Å². The van der Waals surface area contributed by atoms with Crippen molar-refractivity contribution < 1.29 is 9.47 Å². The Kier molecular flexibility index (Phi) is 2.91. The molecule has 2 aromatic rings. The molecule has 0 saturated carbocycles. The van der Waals surface area contributed by atoms with Crippen LogP contribution in [-0.4, -0.2) is 14.2 Å². The lowest BCUT2D eigenvalue weighted by molar-refractivity contribution is 0.349. The second-order valence-electron chi connectivity index (χ2n) is 5.97. The van der Waals surface area contributed by atoms with Gasteiger partial charge in [0.1, 0.15) is 0 Å². The zero-order valence-electron chi connectivity index (χ0n) is 12.6. The standard InChI is InChI=1S/C19H20O2/c1-20-17-11-10-16-14-8-5-9-15(18(16)19(17)21-2)13-7-4-3-6-12(13)14/h3-4,6-7,10-11,14-15H,5,8-9H2,1-2H3. The van der Waals surface area contributed by atoms with Crippen molar-refractivity contribution in [2.75, 3.05) is 14.2 Å². The summed E-state index contributed by atoms with van der Waals surface area (Å²) in [7, 11) is 3.47. The Morgan fingerprint density at radius 2 is 1.52 bits per heavy atom. The third-order valence-corrected chi connectivity index (χ3v) is 5.07. The minimum atomic E-state index is 0.444. The molecule has 0 aliphatic heterocycles. The number of hydrogen-bond acceptors (Lipinski definition) is 2. The van der Waals surface area contributed by atoms with Gasteiger partial charge in [0.25, 0.3) is 0 Å². The lowest BCUT2D eigenvalue weighted by Gasteiger charge is -2.32. The van der Waals surface area contributed by atoms with Crippen LogP contribution >= 0.6 is 0 Å². The van der Waals surface area contributed by atoms with Crippen LogP contribution in [0.5, 0.6) is 11.5 Å². The molecule has 3 aliphatic carbocycles. The molecular weight excluding hydrogens is 260 g/mol. The summed E-state index contributed by atoms with van der Waals surface area (Å²) in [6.07, 6.45) is 3.70. The SMILES string of the molecule is COc1ccc2c(c1OC)C1CCCC2c2ccccc21. The quantitative estimate of drug-likeness (QED) is 0.808. The zero-order chi connectivity index (χ0) is 14.4. The minimum Gasteiger partial charge on any atom is -0.493 e. The molecule has 2 heteroatoms. The lowest BCUT2D eigenvalue weighted by atomic mass is 9.73. The monoisotopic (exact) mass is 280 g/mol. The third kappa shape index (κ3) is 1.71. The molecule has 3 aliphatic rings. The van der Waals surface area contributed by atoms with Crippen LogP contribution in [0, 0.1) is 0 Å². The summed E-state index contributed by atoms with van der Waals surface area (Å²) in [5.41, 5.74) is 5.80. The maximum absolute atomic E-state index is 5.73. The van der Waals surface area contributed by atoms with E-state index in [2.05, 4.69) is 36.4 Å². The van der Waals surface area contributed by atoms with E-state index in [1.165, 1.54) is 41.5 Å². The summed E-state index contributed by atoms with van der Waals surface area (Å²) in [4.78, 5) is 0. The second kappa shape index (κ2) is 4.80. The molecule has 0 spiro atoms. The lowest BCUT2D eigenvalue weighted by Crippen LogP contribution is -2.16. The van der Waals surface area contributed by atoms with Crippen LogP contribution in [0.3, 0.4) is 0 Å². The van der Waals surface area contributed by atoms with Gasteiger partial charge in [-0.15, -0.1) is 0 Å². The van der Waals surface area contributed by atoms with Crippen molar-refractivity contribution in [3.05, 3.63) is 58.7 Å². The Bertz CT molecular complexity index is 690. The van der Waals surface area contributed by atoms with Crippen molar-refractivity contribution in [1.29, 1.82) is 0 Å². The van der Waals surface area contributed by atoms with Crippen molar-refractivity contribution in [3.8, 4) is 11.5 Å². The molecule has 0 N–H and O–H groups in total. The molecule has 2 unspecified atom stereocenters. The van der Waals surface area contributed by atoms with E-state index in [-0.39, 0.29) is 0 Å². The van der Waals surface area contributed by atoms with Crippen LogP contribution in [0.15, 0.2) is 36.4 Å². The van der Waals surface area contributed by atoms with Crippen LogP contribution in [0.1, 0.15) is 53.4 Å². The van der Waals surface area contributed by atoms with E-state index in [0.717, 1.165) is 11.5 Å². The third-order valence-electron chi connectivity index (χ3n) is 5.07. The van der Waals surface area contributed by atoms with Crippen LogP contribution < -0.4 is 9.47 Å². The zero-order valence-corrected chi connectivity index (χ0v) is 12.6. The topological polar surface area (TPSA) is 18.5 Å². The molecule has 0 fully saturated rings. The fourth-order valence-electron chi connectivity index (χ4n) is 4.23. The Labute approximate surface area is 125 Å². The fourth-order valence-corrected chi connectivity index (χ4v) is 4.23. The number of hydrogen-bond donors (Lipinski definition) is 0. The first kappa shape index (κ1) is 12.8. The van der Waals surface area contributed by atoms with Gasteiger partial charge in [0.15, 0.2) is 11.5 Å². The largest absolute Gasteiger partial charge is 0.493 e. The Morgan fingerprint density at radius 3 is 2.24 bits per heavy atom. The average molecular weight is 280 g/mol. The molecule has 0 saturated heterocycles. The molecule has 108 valence electrons. The average Bonchev–Trinajstić information content (AvgIpc) is 2.84.